The predicted octanol–water partition coefficient (Wildman–Crippen LogP) is 2.89. The SMILES string of the molecule is COc1cc(CCCN)c(OC)c(C(C)(C)C)c1. The summed E-state index contributed by atoms with van der Waals surface area (Å²) < 4.78 is 11.0. The number of benzene rings is 1. The zero-order chi connectivity index (χ0) is 13.8. The van der Waals surface area contributed by atoms with Gasteiger partial charge in [0.15, 0.2) is 0 Å². The standard InChI is InChI=1S/C15H25NO2/c1-15(2,3)13-10-12(17-4)9-11(7-6-8-16)14(13)18-5/h9-10H,6-8,16H2,1-5H3. The fourth-order valence-electron chi connectivity index (χ4n) is 2.05. The summed E-state index contributed by atoms with van der Waals surface area (Å²) in [7, 11) is 3.42. The molecule has 0 aliphatic heterocycles. The van der Waals surface area contributed by atoms with Crippen LogP contribution in [0, 0.1) is 0 Å². The molecule has 0 amide bonds. The van der Waals surface area contributed by atoms with Gasteiger partial charge in [0, 0.05) is 5.56 Å². The molecular weight excluding hydrogens is 226 g/mol. The Morgan fingerprint density at radius 2 is 1.78 bits per heavy atom. The van der Waals surface area contributed by atoms with Crippen LogP contribution in [0.5, 0.6) is 11.5 Å². The minimum Gasteiger partial charge on any atom is -0.497 e. The summed E-state index contributed by atoms with van der Waals surface area (Å²) in [5.41, 5.74) is 7.97. The molecule has 0 saturated carbocycles. The largest absolute Gasteiger partial charge is 0.497 e. The van der Waals surface area contributed by atoms with Crippen molar-refractivity contribution in [1.29, 1.82) is 0 Å². The lowest BCUT2D eigenvalue weighted by Crippen LogP contribution is -2.14. The predicted molar refractivity (Wildman–Crippen MR) is 75.6 cm³/mol. The molecule has 18 heavy (non-hydrogen) atoms. The number of nitrogens with two attached hydrogens (primary N) is 1. The van der Waals surface area contributed by atoms with Gasteiger partial charge >= 0.3 is 0 Å². The lowest BCUT2D eigenvalue weighted by molar-refractivity contribution is 0.382. The van der Waals surface area contributed by atoms with Crippen LogP contribution in [-0.4, -0.2) is 20.8 Å². The van der Waals surface area contributed by atoms with Gasteiger partial charge in [-0.15, -0.1) is 0 Å². The van der Waals surface area contributed by atoms with Crippen LogP contribution in [0.1, 0.15) is 38.3 Å². The fourth-order valence-corrected chi connectivity index (χ4v) is 2.05. The number of methoxy groups -OCH3 is 2. The third-order valence-electron chi connectivity index (χ3n) is 3.04. The minimum absolute atomic E-state index is 0.0251. The molecule has 0 saturated heterocycles. The molecular formula is C15H25NO2. The summed E-state index contributed by atoms with van der Waals surface area (Å²) >= 11 is 0. The third-order valence-corrected chi connectivity index (χ3v) is 3.04. The van der Waals surface area contributed by atoms with Gasteiger partial charge in [-0.2, -0.15) is 0 Å². The Kier molecular flexibility index (Phi) is 5.03. The summed E-state index contributed by atoms with van der Waals surface area (Å²) in [5, 5.41) is 0. The molecule has 3 heteroatoms. The van der Waals surface area contributed by atoms with Crippen molar-refractivity contribution in [2.75, 3.05) is 20.8 Å². The summed E-state index contributed by atoms with van der Waals surface area (Å²) in [4.78, 5) is 0. The Morgan fingerprint density at radius 1 is 1.11 bits per heavy atom. The average Bonchev–Trinajstić information content (AvgIpc) is 2.33. The van der Waals surface area contributed by atoms with Gasteiger partial charge in [-0.3, -0.25) is 0 Å². The first-order valence-electron chi connectivity index (χ1n) is 6.39. The van der Waals surface area contributed by atoms with E-state index in [1.165, 1.54) is 11.1 Å². The molecule has 0 atom stereocenters. The van der Waals surface area contributed by atoms with Gasteiger partial charge in [0.25, 0.3) is 0 Å². The number of hydrogen-bond donors (Lipinski definition) is 1. The molecule has 0 radical (unpaired) electrons. The first kappa shape index (κ1) is 14.8. The van der Waals surface area contributed by atoms with E-state index in [4.69, 9.17) is 15.2 Å². The molecule has 0 spiro atoms. The molecule has 1 aromatic rings. The lowest BCUT2D eigenvalue weighted by atomic mass is 9.84. The second kappa shape index (κ2) is 6.10. The highest BCUT2D eigenvalue weighted by Crippen LogP contribution is 2.37. The van der Waals surface area contributed by atoms with Crippen molar-refractivity contribution < 1.29 is 9.47 Å². The highest BCUT2D eigenvalue weighted by molar-refractivity contribution is 5.50. The van der Waals surface area contributed by atoms with Gasteiger partial charge in [-0.1, -0.05) is 20.8 Å². The molecule has 0 aliphatic carbocycles. The van der Waals surface area contributed by atoms with Crippen LogP contribution in [0.25, 0.3) is 0 Å². The fraction of sp³-hybridized carbons (Fsp3) is 0.600. The Bertz CT molecular complexity index is 394. The van der Waals surface area contributed by atoms with Crippen molar-refractivity contribution in [3.05, 3.63) is 23.3 Å². The molecule has 0 bridgehead atoms. The second-order valence-electron chi connectivity index (χ2n) is 5.51. The van der Waals surface area contributed by atoms with Gasteiger partial charge < -0.3 is 15.2 Å². The van der Waals surface area contributed by atoms with Crippen LogP contribution >= 0.6 is 0 Å². The van der Waals surface area contributed by atoms with Crippen molar-refractivity contribution in [3.8, 4) is 11.5 Å². The van der Waals surface area contributed by atoms with Crippen molar-refractivity contribution in [2.45, 2.75) is 39.0 Å². The second-order valence-corrected chi connectivity index (χ2v) is 5.51. The van der Waals surface area contributed by atoms with E-state index in [1.807, 2.05) is 6.07 Å². The Morgan fingerprint density at radius 3 is 2.22 bits per heavy atom. The van der Waals surface area contributed by atoms with E-state index in [0.29, 0.717) is 6.54 Å². The van der Waals surface area contributed by atoms with Crippen LogP contribution in [0.15, 0.2) is 12.1 Å². The smallest absolute Gasteiger partial charge is 0.126 e. The van der Waals surface area contributed by atoms with E-state index in [-0.39, 0.29) is 5.41 Å². The minimum atomic E-state index is 0.0251. The zero-order valence-corrected chi connectivity index (χ0v) is 12.2. The highest BCUT2D eigenvalue weighted by atomic mass is 16.5. The van der Waals surface area contributed by atoms with Crippen LogP contribution < -0.4 is 15.2 Å². The Balaban J connectivity index is 3.30. The van der Waals surface area contributed by atoms with Crippen molar-refractivity contribution in [1.82, 2.24) is 0 Å². The molecule has 0 unspecified atom stereocenters. The summed E-state index contributed by atoms with van der Waals surface area (Å²) in [5.74, 6) is 1.85. The average molecular weight is 251 g/mol. The van der Waals surface area contributed by atoms with E-state index in [0.717, 1.165) is 24.3 Å². The monoisotopic (exact) mass is 251 g/mol. The van der Waals surface area contributed by atoms with Crippen LogP contribution in [0.3, 0.4) is 0 Å². The van der Waals surface area contributed by atoms with Gasteiger partial charge in [0.05, 0.1) is 14.2 Å². The number of aryl methyl sites for hydroxylation is 1. The normalized spacial score (nSPS) is 11.4. The van der Waals surface area contributed by atoms with E-state index in [9.17, 15) is 0 Å². The van der Waals surface area contributed by atoms with E-state index in [2.05, 4.69) is 26.8 Å². The molecule has 102 valence electrons. The van der Waals surface area contributed by atoms with Crippen LogP contribution in [-0.2, 0) is 11.8 Å². The summed E-state index contributed by atoms with van der Waals surface area (Å²) in [6.07, 6.45) is 1.87. The third kappa shape index (κ3) is 3.39. The van der Waals surface area contributed by atoms with E-state index >= 15 is 0 Å². The molecule has 2 N–H and O–H groups in total. The topological polar surface area (TPSA) is 44.5 Å². The van der Waals surface area contributed by atoms with E-state index < -0.39 is 0 Å². The van der Waals surface area contributed by atoms with Gasteiger partial charge in [-0.05, 0) is 42.5 Å². The highest BCUT2D eigenvalue weighted by Gasteiger charge is 2.22. The maximum Gasteiger partial charge on any atom is 0.126 e. The molecule has 3 nitrogen and oxygen atoms in total. The summed E-state index contributed by atoms with van der Waals surface area (Å²) in [6, 6.07) is 4.11. The lowest BCUT2D eigenvalue weighted by Gasteiger charge is -2.25. The maximum atomic E-state index is 5.60. The molecule has 1 rings (SSSR count). The molecule has 0 heterocycles. The number of rotatable bonds is 5. The van der Waals surface area contributed by atoms with Crippen molar-refractivity contribution in [3.63, 3.8) is 0 Å². The maximum absolute atomic E-state index is 5.60. The van der Waals surface area contributed by atoms with Crippen LogP contribution in [0.2, 0.25) is 0 Å². The van der Waals surface area contributed by atoms with Gasteiger partial charge in [0.2, 0.25) is 0 Å². The molecule has 0 fully saturated rings. The quantitative estimate of drug-likeness (QED) is 0.875. The van der Waals surface area contributed by atoms with Crippen molar-refractivity contribution >= 4 is 0 Å². The van der Waals surface area contributed by atoms with E-state index in [1.54, 1.807) is 14.2 Å². The Hall–Kier alpha value is -1.22. The number of hydrogen-bond acceptors (Lipinski definition) is 3. The van der Waals surface area contributed by atoms with Crippen molar-refractivity contribution in [2.24, 2.45) is 5.73 Å². The first-order valence-corrected chi connectivity index (χ1v) is 6.39. The number of ether oxygens (including phenoxy) is 2. The molecule has 0 aromatic heterocycles. The zero-order valence-electron chi connectivity index (χ0n) is 12.2. The molecule has 0 aliphatic rings. The van der Waals surface area contributed by atoms with Gasteiger partial charge in [-0.25, -0.2) is 0 Å². The first-order chi connectivity index (χ1) is 8.43. The summed E-state index contributed by atoms with van der Waals surface area (Å²) in [6.45, 7) is 7.22. The van der Waals surface area contributed by atoms with Gasteiger partial charge in [0.1, 0.15) is 11.5 Å². The Labute approximate surface area is 110 Å². The van der Waals surface area contributed by atoms with Crippen LogP contribution in [0.4, 0.5) is 0 Å². The molecule has 1 aromatic carbocycles.